The maximum absolute atomic E-state index is 12.3. The summed E-state index contributed by atoms with van der Waals surface area (Å²) < 4.78 is 0.967. The Kier molecular flexibility index (Phi) is 3.92. The van der Waals surface area contributed by atoms with Gasteiger partial charge < -0.3 is 5.32 Å². The number of anilines is 1. The second-order valence-electron chi connectivity index (χ2n) is 4.89. The van der Waals surface area contributed by atoms with E-state index in [0.29, 0.717) is 0 Å². The molecule has 4 nitrogen and oxygen atoms in total. The molecule has 1 amide bonds. The van der Waals surface area contributed by atoms with E-state index in [0.717, 1.165) is 25.9 Å². The van der Waals surface area contributed by atoms with Crippen LogP contribution in [0.5, 0.6) is 0 Å². The molecule has 2 N–H and O–H groups in total. The van der Waals surface area contributed by atoms with Crippen LogP contribution in [-0.4, -0.2) is 16.1 Å². The molecule has 2 aromatic carbocycles. The van der Waals surface area contributed by atoms with E-state index in [4.69, 9.17) is 0 Å². The van der Waals surface area contributed by atoms with Gasteiger partial charge in [-0.05, 0) is 53.3 Å². The van der Waals surface area contributed by atoms with Gasteiger partial charge in [-0.15, -0.1) is 0 Å². The molecule has 106 valence electrons. The number of aromatic nitrogens is 2. The van der Waals surface area contributed by atoms with E-state index < -0.39 is 0 Å². The molecule has 3 rings (SSSR count). The number of hydrogen-bond acceptors (Lipinski definition) is 2. The Bertz CT molecular complexity index is 783. The Labute approximate surface area is 136 Å². The van der Waals surface area contributed by atoms with E-state index in [9.17, 15) is 4.79 Å². The van der Waals surface area contributed by atoms with Crippen molar-refractivity contribution in [3.8, 4) is 0 Å². The molecule has 0 bridgehead atoms. The highest BCUT2D eigenvalue weighted by atomic mass is 127. The molecule has 0 aliphatic carbocycles. The van der Waals surface area contributed by atoms with E-state index in [2.05, 4.69) is 38.1 Å². The van der Waals surface area contributed by atoms with Crippen LogP contribution in [-0.2, 0) is 4.79 Å². The lowest BCUT2D eigenvalue weighted by molar-refractivity contribution is -0.117. The smallest absolute Gasteiger partial charge is 0.231 e. The van der Waals surface area contributed by atoms with Gasteiger partial charge in [-0.25, -0.2) is 0 Å². The summed E-state index contributed by atoms with van der Waals surface area (Å²) in [7, 11) is 0. The third-order valence-electron chi connectivity index (χ3n) is 3.47. The van der Waals surface area contributed by atoms with Gasteiger partial charge in [-0.3, -0.25) is 9.89 Å². The number of hydrogen-bond donors (Lipinski definition) is 2. The van der Waals surface area contributed by atoms with Crippen LogP contribution in [0.25, 0.3) is 10.9 Å². The van der Waals surface area contributed by atoms with Gasteiger partial charge in [-0.2, -0.15) is 5.10 Å². The van der Waals surface area contributed by atoms with Crippen LogP contribution in [0, 0.1) is 3.70 Å². The fourth-order valence-corrected chi connectivity index (χ4v) is 2.75. The second kappa shape index (κ2) is 5.85. The van der Waals surface area contributed by atoms with Crippen molar-refractivity contribution >= 4 is 45.1 Å². The van der Waals surface area contributed by atoms with Crippen LogP contribution in [0.4, 0.5) is 5.69 Å². The van der Waals surface area contributed by atoms with Crippen molar-refractivity contribution in [1.82, 2.24) is 10.2 Å². The fourth-order valence-electron chi connectivity index (χ4n) is 2.20. The monoisotopic (exact) mass is 391 g/mol. The first kappa shape index (κ1) is 14.1. The summed E-state index contributed by atoms with van der Waals surface area (Å²) in [5.74, 6) is -0.204. The van der Waals surface area contributed by atoms with Crippen LogP contribution in [0.15, 0.2) is 48.5 Å². The van der Waals surface area contributed by atoms with Gasteiger partial charge >= 0.3 is 0 Å². The van der Waals surface area contributed by atoms with Crippen molar-refractivity contribution in [1.29, 1.82) is 0 Å². The van der Waals surface area contributed by atoms with Crippen molar-refractivity contribution in [3.05, 3.63) is 57.8 Å². The average molecular weight is 391 g/mol. The molecular formula is C16H14IN3O. The molecule has 1 atom stereocenters. The van der Waals surface area contributed by atoms with Gasteiger partial charge in [-0.1, -0.05) is 30.3 Å². The number of amides is 1. The highest BCUT2D eigenvalue weighted by molar-refractivity contribution is 14.1. The molecule has 0 aliphatic heterocycles. The number of benzene rings is 2. The Balaban J connectivity index is 1.81. The van der Waals surface area contributed by atoms with Crippen LogP contribution in [0.2, 0.25) is 0 Å². The van der Waals surface area contributed by atoms with Gasteiger partial charge in [0.05, 0.1) is 11.4 Å². The first-order chi connectivity index (χ1) is 10.1. The molecule has 0 saturated heterocycles. The average Bonchev–Trinajstić information content (AvgIpc) is 2.88. The van der Waals surface area contributed by atoms with Crippen LogP contribution in [0.3, 0.4) is 0 Å². The number of rotatable bonds is 3. The first-order valence-corrected chi connectivity index (χ1v) is 7.72. The molecule has 21 heavy (non-hydrogen) atoms. The summed E-state index contributed by atoms with van der Waals surface area (Å²) in [6.07, 6.45) is 0. The minimum atomic E-state index is -0.190. The van der Waals surface area contributed by atoms with Crippen molar-refractivity contribution < 1.29 is 4.79 Å². The SMILES string of the molecule is C[C@H](C(=O)Nc1ccc2n[nH]c(I)c2c1)c1ccccc1. The van der Waals surface area contributed by atoms with Crippen LogP contribution >= 0.6 is 22.6 Å². The minimum Gasteiger partial charge on any atom is -0.326 e. The molecule has 0 unspecified atom stereocenters. The molecular weight excluding hydrogens is 377 g/mol. The molecule has 0 saturated carbocycles. The van der Waals surface area contributed by atoms with Crippen molar-refractivity contribution in [2.24, 2.45) is 0 Å². The highest BCUT2D eigenvalue weighted by Gasteiger charge is 2.15. The molecule has 0 spiro atoms. The normalized spacial score (nSPS) is 12.3. The maximum Gasteiger partial charge on any atom is 0.231 e. The zero-order valence-electron chi connectivity index (χ0n) is 11.4. The summed E-state index contributed by atoms with van der Waals surface area (Å²) in [5.41, 5.74) is 2.69. The summed E-state index contributed by atoms with van der Waals surface area (Å²) >= 11 is 2.20. The number of H-pyrrole nitrogens is 1. The lowest BCUT2D eigenvalue weighted by atomic mass is 10.0. The molecule has 5 heteroatoms. The first-order valence-electron chi connectivity index (χ1n) is 6.64. The molecule has 0 aliphatic rings. The molecule has 0 fully saturated rings. The van der Waals surface area contributed by atoms with E-state index in [-0.39, 0.29) is 11.8 Å². The molecule has 3 aromatic rings. The van der Waals surface area contributed by atoms with Crippen molar-refractivity contribution in [3.63, 3.8) is 0 Å². The standard InChI is InChI=1S/C16H14IN3O/c1-10(11-5-3-2-4-6-11)16(21)18-12-7-8-14-13(9-12)15(17)20-19-14/h2-10H,1H3,(H,18,21)(H,19,20)/t10-/m0/s1. The second-order valence-corrected chi connectivity index (χ2v) is 5.97. The summed E-state index contributed by atoms with van der Waals surface area (Å²) in [4.78, 5) is 12.3. The zero-order chi connectivity index (χ0) is 14.8. The molecule has 0 radical (unpaired) electrons. The maximum atomic E-state index is 12.3. The Morgan fingerprint density at radius 2 is 2.00 bits per heavy atom. The van der Waals surface area contributed by atoms with E-state index in [1.165, 1.54) is 0 Å². The van der Waals surface area contributed by atoms with Gasteiger partial charge in [0.1, 0.15) is 3.70 Å². The Morgan fingerprint density at radius 3 is 2.76 bits per heavy atom. The number of carbonyl (C=O) groups is 1. The number of carbonyl (C=O) groups excluding carboxylic acids is 1. The van der Waals surface area contributed by atoms with E-state index >= 15 is 0 Å². The predicted molar refractivity (Wildman–Crippen MR) is 92.3 cm³/mol. The molecule has 1 aromatic heterocycles. The number of nitrogens with zero attached hydrogens (tertiary/aromatic N) is 1. The molecule has 1 heterocycles. The Morgan fingerprint density at radius 1 is 1.24 bits per heavy atom. The lowest BCUT2D eigenvalue weighted by Crippen LogP contribution is -2.18. The van der Waals surface area contributed by atoms with Crippen molar-refractivity contribution in [2.45, 2.75) is 12.8 Å². The van der Waals surface area contributed by atoms with Gasteiger partial charge in [0.15, 0.2) is 0 Å². The predicted octanol–water partition coefficient (Wildman–Crippen LogP) is 3.91. The summed E-state index contributed by atoms with van der Waals surface area (Å²) in [6.45, 7) is 1.91. The largest absolute Gasteiger partial charge is 0.326 e. The number of aromatic amines is 1. The summed E-state index contributed by atoms with van der Waals surface area (Å²) in [5, 5.41) is 11.1. The third kappa shape index (κ3) is 2.92. The topological polar surface area (TPSA) is 57.8 Å². The van der Waals surface area contributed by atoms with E-state index in [1.807, 2.05) is 55.5 Å². The number of halogens is 1. The lowest BCUT2D eigenvalue weighted by Gasteiger charge is -2.12. The third-order valence-corrected chi connectivity index (χ3v) is 4.29. The van der Waals surface area contributed by atoms with E-state index in [1.54, 1.807) is 0 Å². The Hall–Kier alpha value is -1.89. The van der Waals surface area contributed by atoms with Crippen LogP contribution in [0.1, 0.15) is 18.4 Å². The zero-order valence-corrected chi connectivity index (χ0v) is 13.6. The van der Waals surface area contributed by atoms with Gasteiger partial charge in [0.25, 0.3) is 0 Å². The van der Waals surface area contributed by atoms with Gasteiger partial charge in [0, 0.05) is 11.1 Å². The number of fused-ring (bicyclic) bond motifs is 1. The number of nitrogens with one attached hydrogen (secondary N) is 2. The summed E-state index contributed by atoms with van der Waals surface area (Å²) in [6, 6.07) is 15.5. The van der Waals surface area contributed by atoms with Crippen LogP contribution < -0.4 is 5.32 Å². The van der Waals surface area contributed by atoms with Crippen molar-refractivity contribution in [2.75, 3.05) is 5.32 Å². The minimum absolute atomic E-state index is 0.0148. The van der Waals surface area contributed by atoms with Gasteiger partial charge in [0.2, 0.25) is 5.91 Å². The quantitative estimate of drug-likeness (QED) is 0.666. The fraction of sp³-hybridized carbons (Fsp3) is 0.125. The highest BCUT2D eigenvalue weighted by Crippen LogP contribution is 2.23.